The molecule has 2 rings (SSSR count). The summed E-state index contributed by atoms with van der Waals surface area (Å²) in [6.07, 6.45) is 3.50. The first kappa shape index (κ1) is 17.8. The molecule has 1 aliphatic carbocycles. The lowest BCUT2D eigenvalue weighted by Gasteiger charge is -2.27. The van der Waals surface area contributed by atoms with Gasteiger partial charge >= 0.3 is 10.1 Å². The number of amides is 1. The van der Waals surface area contributed by atoms with Crippen molar-refractivity contribution in [3.63, 3.8) is 0 Å². The van der Waals surface area contributed by atoms with Gasteiger partial charge in [0, 0.05) is 24.6 Å². The second kappa shape index (κ2) is 6.51. The van der Waals surface area contributed by atoms with Gasteiger partial charge < -0.3 is 9.08 Å². The van der Waals surface area contributed by atoms with Gasteiger partial charge in [-0.2, -0.15) is 8.42 Å². The Morgan fingerprint density at radius 3 is 2.39 bits per heavy atom. The molecule has 128 valence electrons. The molecule has 0 spiro atoms. The third kappa shape index (κ3) is 5.86. The Labute approximate surface area is 138 Å². The minimum atomic E-state index is -3.59. The highest BCUT2D eigenvalue weighted by Gasteiger charge is 2.34. The Morgan fingerprint density at radius 2 is 1.87 bits per heavy atom. The van der Waals surface area contributed by atoms with E-state index in [4.69, 9.17) is 4.18 Å². The molecule has 0 bridgehead atoms. The van der Waals surface area contributed by atoms with Crippen molar-refractivity contribution in [2.45, 2.75) is 52.6 Å². The van der Waals surface area contributed by atoms with Crippen LogP contribution in [0, 0.1) is 5.41 Å². The summed E-state index contributed by atoms with van der Waals surface area (Å²) >= 11 is 0. The molecule has 0 heterocycles. The molecule has 0 saturated heterocycles. The lowest BCUT2D eigenvalue weighted by Crippen LogP contribution is -2.35. The van der Waals surface area contributed by atoms with Crippen molar-refractivity contribution in [3.8, 4) is 5.75 Å². The fourth-order valence-electron chi connectivity index (χ4n) is 2.42. The zero-order valence-corrected chi connectivity index (χ0v) is 15.0. The minimum absolute atomic E-state index is 0.0764. The standard InChI is InChI=1S/C17H25NO4S/c1-17(2,3)11-16(19)18(14-9-10-14)12-13-7-5-6-8-15(13)22-23(4,20)21/h5-8,14H,9-12H2,1-4H3. The van der Waals surface area contributed by atoms with E-state index in [2.05, 4.69) is 0 Å². The van der Waals surface area contributed by atoms with Crippen LogP contribution < -0.4 is 4.18 Å². The van der Waals surface area contributed by atoms with Crippen LogP contribution in [-0.2, 0) is 21.5 Å². The highest BCUT2D eigenvalue weighted by atomic mass is 32.2. The summed E-state index contributed by atoms with van der Waals surface area (Å²) in [6, 6.07) is 7.23. The Hall–Kier alpha value is -1.56. The van der Waals surface area contributed by atoms with Gasteiger partial charge in [0.15, 0.2) is 0 Å². The Bertz CT molecular complexity index is 672. The number of para-hydroxylation sites is 1. The predicted octanol–water partition coefficient (Wildman–Crippen LogP) is 2.95. The van der Waals surface area contributed by atoms with Gasteiger partial charge in [-0.25, -0.2) is 0 Å². The van der Waals surface area contributed by atoms with Crippen molar-refractivity contribution >= 4 is 16.0 Å². The monoisotopic (exact) mass is 339 g/mol. The van der Waals surface area contributed by atoms with E-state index in [1.165, 1.54) is 0 Å². The number of rotatable bonds is 6. The van der Waals surface area contributed by atoms with Crippen LogP contribution in [0.1, 0.15) is 45.6 Å². The van der Waals surface area contributed by atoms with Gasteiger partial charge in [0.2, 0.25) is 5.91 Å². The molecular weight excluding hydrogens is 314 g/mol. The molecule has 1 aromatic carbocycles. The molecule has 0 atom stereocenters. The molecule has 1 amide bonds. The Kier molecular flexibility index (Phi) is 5.04. The third-order valence-corrected chi connectivity index (χ3v) is 4.03. The summed E-state index contributed by atoms with van der Waals surface area (Å²) < 4.78 is 27.9. The van der Waals surface area contributed by atoms with E-state index in [1.807, 2.05) is 31.7 Å². The van der Waals surface area contributed by atoms with Crippen molar-refractivity contribution in [3.05, 3.63) is 29.8 Å². The van der Waals surface area contributed by atoms with E-state index in [1.54, 1.807) is 18.2 Å². The summed E-state index contributed by atoms with van der Waals surface area (Å²) in [5.74, 6) is 0.401. The van der Waals surface area contributed by atoms with Crippen LogP contribution in [0.15, 0.2) is 24.3 Å². The second-order valence-corrected chi connectivity index (χ2v) is 8.96. The van der Waals surface area contributed by atoms with Gasteiger partial charge in [-0.1, -0.05) is 39.0 Å². The van der Waals surface area contributed by atoms with Crippen molar-refractivity contribution in [1.82, 2.24) is 4.90 Å². The predicted molar refractivity (Wildman–Crippen MR) is 89.6 cm³/mol. The third-order valence-electron chi connectivity index (χ3n) is 3.54. The molecule has 1 saturated carbocycles. The molecule has 0 radical (unpaired) electrons. The first-order valence-corrected chi connectivity index (χ1v) is 9.64. The van der Waals surface area contributed by atoms with Crippen molar-refractivity contribution in [1.29, 1.82) is 0 Å². The van der Waals surface area contributed by atoms with Crippen LogP contribution in [-0.4, -0.2) is 31.5 Å². The zero-order valence-electron chi connectivity index (χ0n) is 14.2. The summed E-state index contributed by atoms with van der Waals surface area (Å²) in [5.41, 5.74) is 0.639. The maximum absolute atomic E-state index is 12.6. The van der Waals surface area contributed by atoms with Gasteiger partial charge in [-0.05, 0) is 24.3 Å². The largest absolute Gasteiger partial charge is 0.382 e. The van der Waals surface area contributed by atoms with Crippen LogP contribution in [0.2, 0.25) is 0 Å². The van der Waals surface area contributed by atoms with Gasteiger partial charge in [-0.3, -0.25) is 4.79 Å². The normalized spacial score (nSPS) is 15.3. The molecule has 6 heteroatoms. The SMILES string of the molecule is CC(C)(C)CC(=O)N(Cc1ccccc1OS(C)(=O)=O)C1CC1. The molecule has 23 heavy (non-hydrogen) atoms. The molecule has 0 aromatic heterocycles. The quantitative estimate of drug-likeness (QED) is 0.748. The molecular formula is C17H25NO4S. The van der Waals surface area contributed by atoms with E-state index < -0.39 is 10.1 Å². The van der Waals surface area contributed by atoms with Gasteiger partial charge in [0.05, 0.1) is 6.26 Å². The molecule has 1 fully saturated rings. The van der Waals surface area contributed by atoms with Crippen LogP contribution in [0.5, 0.6) is 5.75 Å². The highest BCUT2D eigenvalue weighted by molar-refractivity contribution is 7.86. The number of nitrogens with zero attached hydrogens (tertiary/aromatic N) is 1. The smallest absolute Gasteiger partial charge is 0.306 e. The van der Waals surface area contributed by atoms with E-state index in [-0.39, 0.29) is 17.4 Å². The van der Waals surface area contributed by atoms with Crippen LogP contribution in [0.25, 0.3) is 0 Å². The molecule has 5 nitrogen and oxygen atoms in total. The number of benzene rings is 1. The highest BCUT2D eigenvalue weighted by Crippen LogP contribution is 2.33. The van der Waals surface area contributed by atoms with Gasteiger partial charge in [0.1, 0.15) is 5.75 Å². The maximum atomic E-state index is 12.6. The number of carbonyl (C=O) groups is 1. The number of hydrogen-bond acceptors (Lipinski definition) is 4. The summed E-state index contributed by atoms with van der Waals surface area (Å²) in [7, 11) is -3.59. The fraction of sp³-hybridized carbons (Fsp3) is 0.588. The number of carbonyl (C=O) groups excluding carboxylic acids is 1. The summed E-state index contributed by atoms with van der Waals surface area (Å²) in [4.78, 5) is 14.5. The van der Waals surface area contributed by atoms with Crippen molar-refractivity contribution in [2.24, 2.45) is 5.41 Å². The van der Waals surface area contributed by atoms with E-state index in [9.17, 15) is 13.2 Å². The first-order chi connectivity index (χ1) is 10.6. The molecule has 1 aromatic rings. The topological polar surface area (TPSA) is 63.7 Å². The summed E-state index contributed by atoms with van der Waals surface area (Å²) in [5, 5.41) is 0. The molecule has 0 aliphatic heterocycles. The van der Waals surface area contributed by atoms with E-state index in [0.29, 0.717) is 24.3 Å². The summed E-state index contributed by atoms with van der Waals surface area (Å²) in [6.45, 7) is 6.50. The van der Waals surface area contributed by atoms with Crippen molar-refractivity contribution < 1.29 is 17.4 Å². The second-order valence-electron chi connectivity index (χ2n) is 7.39. The Balaban J connectivity index is 2.19. The van der Waals surface area contributed by atoms with Crippen LogP contribution in [0.4, 0.5) is 0 Å². The lowest BCUT2D eigenvalue weighted by atomic mass is 9.91. The fourth-order valence-corrected chi connectivity index (χ4v) is 2.91. The number of hydrogen-bond donors (Lipinski definition) is 0. The Morgan fingerprint density at radius 1 is 1.26 bits per heavy atom. The van der Waals surface area contributed by atoms with Crippen LogP contribution in [0.3, 0.4) is 0 Å². The average Bonchev–Trinajstić information content (AvgIpc) is 3.17. The first-order valence-electron chi connectivity index (χ1n) is 7.82. The lowest BCUT2D eigenvalue weighted by molar-refractivity contribution is -0.134. The minimum Gasteiger partial charge on any atom is -0.382 e. The molecule has 0 unspecified atom stereocenters. The average molecular weight is 339 g/mol. The molecule has 1 aliphatic rings. The van der Waals surface area contributed by atoms with Gasteiger partial charge in [0.25, 0.3) is 0 Å². The zero-order chi connectivity index (χ0) is 17.3. The molecule has 0 N–H and O–H groups in total. The van der Waals surface area contributed by atoms with Gasteiger partial charge in [-0.15, -0.1) is 0 Å². The van der Waals surface area contributed by atoms with E-state index >= 15 is 0 Å². The van der Waals surface area contributed by atoms with Crippen LogP contribution >= 0.6 is 0 Å². The maximum Gasteiger partial charge on any atom is 0.306 e. The van der Waals surface area contributed by atoms with E-state index in [0.717, 1.165) is 19.1 Å². The van der Waals surface area contributed by atoms with Crippen molar-refractivity contribution in [2.75, 3.05) is 6.26 Å².